The first kappa shape index (κ1) is 25.0. The summed E-state index contributed by atoms with van der Waals surface area (Å²) in [5.41, 5.74) is 6.57. The van der Waals surface area contributed by atoms with Crippen molar-refractivity contribution in [3.63, 3.8) is 0 Å². The number of alkyl halides is 3. The number of benzene rings is 2. The van der Waals surface area contributed by atoms with Crippen LogP contribution in [0.15, 0.2) is 36.4 Å². The summed E-state index contributed by atoms with van der Waals surface area (Å²) < 4.78 is 45.5. The molecule has 37 heavy (non-hydrogen) atoms. The molecular weight excluding hydrogens is 513 g/mol. The summed E-state index contributed by atoms with van der Waals surface area (Å²) in [7, 11) is 1.71. The minimum atomic E-state index is -4.50. The maximum absolute atomic E-state index is 13.2. The number of rotatable bonds is 6. The Balaban J connectivity index is 1.61. The van der Waals surface area contributed by atoms with E-state index in [9.17, 15) is 27.9 Å². The molecule has 0 aliphatic carbocycles. The topological polar surface area (TPSA) is 133 Å². The molecule has 0 bridgehead atoms. The molecule has 0 spiro atoms. The van der Waals surface area contributed by atoms with Crippen LogP contribution < -0.4 is 21.3 Å². The first-order chi connectivity index (χ1) is 17.5. The number of hydrogen-bond acceptors (Lipinski definition) is 9. The number of likely N-dealkylation sites (N-methyl/N-ethyl adjacent to an activating group) is 1. The zero-order valence-electron chi connectivity index (χ0n) is 19.5. The van der Waals surface area contributed by atoms with Gasteiger partial charge in [0, 0.05) is 20.1 Å². The number of thiazole rings is 1. The standard InChI is InChI=1S/C23H23F3N6O4S/c1-31-16-5-2-12(20(34)35)10-15(16)29-23(31,18(19(27)33)32-6-8-36-9-7-32)30-21-28-14-4-3-13(22(24,25)26)11-17(14)37-21/h2-5,10-11,18,29H,6-9H2,1H3,(H2,27,33)(H,28,30)(H,34,35). The van der Waals surface area contributed by atoms with Crippen molar-refractivity contribution in [1.82, 2.24) is 9.88 Å². The van der Waals surface area contributed by atoms with Crippen LogP contribution in [-0.4, -0.2) is 72.0 Å². The molecular formula is C23H23F3N6O4S. The molecule has 1 fully saturated rings. The smallest absolute Gasteiger partial charge is 0.416 e. The highest BCUT2D eigenvalue weighted by atomic mass is 32.1. The number of nitrogens with two attached hydrogens (primary N) is 1. The molecule has 2 aliphatic rings. The Morgan fingerprint density at radius 1 is 1.24 bits per heavy atom. The van der Waals surface area contributed by atoms with E-state index in [0.29, 0.717) is 47.9 Å². The SMILES string of the molecule is CN1c2ccc(C(=O)O)cc2NC1(Nc1nc2ccc(C(F)(F)F)cc2s1)C(C(N)=O)N1CCOCC1. The minimum Gasteiger partial charge on any atom is -0.478 e. The van der Waals surface area contributed by atoms with Crippen LogP contribution in [0.5, 0.6) is 0 Å². The first-order valence-electron chi connectivity index (χ1n) is 11.3. The number of primary amides is 1. The van der Waals surface area contributed by atoms with Crippen molar-refractivity contribution in [2.45, 2.75) is 18.0 Å². The number of aromatic nitrogens is 1. The zero-order valence-corrected chi connectivity index (χ0v) is 20.3. The van der Waals surface area contributed by atoms with Gasteiger partial charge in [0.1, 0.15) is 0 Å². The van der Waals surface area contributed by atoms with Crippen molar-refractivity contribution in [2.24, 2.45) is 5.73 Å². The van der Waals surface area contributed by atoms with Gasteiger partial charge in [-0.05, 0) is 36.4 Å². The lowest BCUT2D eigenvalue weighted by Gasteiger charge is -2.47. The molecule has 3 aromatic rings. The Labute approximate surface area is 212 Å². The lowest BCUT2D eigenvalue weighted by atomic mass is 10.0. The number of carbonyl (C=O) groups is 2. The Morgan fingerprint density at radius 2 is 1.97 bits per heavy atom. The molecule has 2 aromatic carbocycles. The monoisotopic (exact) mass is 536 g/mol. The molecule has 196 valence electrons. The second kappa shape index (κ2) is 9.04. The van der Waals surface area contributed by atoms with Crippen molar-refractivity contribution < 1.29 is 32.6 Å². The maximum Gasteiger partial charge on any atom is 0.416 e. The van der Waals surface area contributed by atoms with E-state index in [0.717, 1.165) is 23.5 Å². The third-order valence-corrected chi connectivity index (χ3v) is 7.48. The number of fused-ring (bicyclic) bond motifs is 2. The summed E-state index contributed by atoms with van der Waals surface area (Å²) in [6.45, 7) is 1.55. The van der Waals surface area contributed by atoms with E-state index in [2.05, 4.69) is 15.6 Å². The van der Waals surface area contributed by atoms with Crippen molar-refractivity contribution in [1.29, 1.82) is 0 Å². The Hall–Kier alpha value is -3.62. The van der Waals surface area contributed by atoms with Crippen LogP contribution in [-0.2, 0) is 15.7 Å². The highest BCUT2D eigenvalue weighted by molar-refractivity contribution is 7.22. The van der Waals surface area contributed by atoms with E-state index in [1.807, 2.05) is 4.90 Å². The fourth-order valence-electron chi connectivity index (χ4n) is 4.78. The quantitative estimate of drug-likeness (QED) is 0.375. The number of morpholine rings is 1. The zero-order chi connectivity index (χ0) is 26.5. The van der Waals surface area contributed by atoms with Crippen LogP contribution in [0, 0.1) is 0 Å². The molecule has 1 amide bonds. The molecule has 5 rings (SSSR count). The molecule has 5 N–H and O–H groups in total. The predicted molar refractivity (Wildman–Crippen MR) is 132 cm³/mol. The summed E-state index contributed by atoms with van der Waals surface area (Å²) in [6, 6.07) is 6.78. The summed E-state index contributed by atoms with van der Waals surface area (Å²) in [6.07, 6.45) is -4.50. The highest BCUT2D eigenvalue weighted by Crippen LogP contribution is 2.44. The Kier molecular flexibility index (Phi) is 6.12. The van der Waals surface area contributed by atoms with Gasteiger partial charge in [0.2, 0.25) is 11.7 Å². The van der Waals surface area contributed by atoms with Gasteiger partial charge >= 0.3 is 12.1 Å². The normalized spacial score (nSPS) is 20.9. The van der Waals surface area contributed by atoms with Gasteiger partial charge in [-0.15, -0.1) is 0 Å². The number of ether oxygens (including phenoxy) is 1. The lowest BCUT2D eigenvalue weighted by Crippen LogP contribution is -2.72. The average Bonchev–Trinajstić information content (AvgIpc) is 3.36. The minimum absolute atomic E-state index is 0.0390. The molecule has 3 heterocycles. The molecule has 2 unspecified atom stereocenters. The van der Waals surface area contributed by atoms with E-state index in [1.54, 1.807) is 18.0 Å². The number of carbonyl (C=O) groups excluding carboxylic acids is 1. The number of hydrogen-bond donors (Lipinski definition) is 4. The van der Waals surface area contributed by atoms with Gasteiger partial charge < -0.3 is 31.1 Å². The number of amides is 1. The van der Waals surface area contributed by atoms with Crippen LogP contribution in [0.1, 0.15) is 15.9 Å². The van der Waals surface area contributed by atoms with Crippen LogP contribution in [0.3, 0.4) is 0 Å². The molecule has 0 saturated carbocycles. The lowest BCUT2D eigenvalue weighted by molar-refractivity contribution is -0.137. The van der Waals surface area contributed by atoms with E-state index in [-0.39, 0.29) is 10.7 Å². The van der Waals surface area contributed by atoms with Gasteiger partial charge in [0.15, 0.2) is 11.2 Å². The number of carboxylic acid groups (broad SMARTS) is 1. The Morgan fingerprint density at radius 3 is 2.62 bits per heavy atom. The summed E-state index contributed by atoms with van der Waals surface area (Å²) >= 11 is 0.999. The van der Waals surface area contributed by atoms with E-state index in [4.69, 9.17) is 10.5 Å². The number of halogens is 3. The molecule has 14 heteroatoms. The molecule has 1 saturated heterocycles. The highest BCUT2D eigenvalue weighted by Gasteiger charge is 2.54. The largest absolute Gasteiger partial charge is 0.478 e. The second-order valence-electron chi connectivity index (χ2n) is 8.77. The summed E-state index contributed by atoms with van der Waals surface area (Å²) in [5, 5.41) is 16.2. The van der Waals surface area contributed by atoms with Crippen molar-refractivity contribution in [2.75, 3.05) is 48.9 Å². The fourth-order valence-corrected chi connectivity index (χ4v) is 5.74. The van der Waals surface area contributed by atoms with Crippen LogP contribution >= 0.6 is 11.3 Å². The Bertz CT molecular complexity index is 1380. The number of nitrogens with one attached hydrogen (secondary N) is 2. The third kappa shape index (κ3) is 4.40. The first-order valence-corrected chi connectivity index (χ1v) is 12.1. The number of carboxylic acids is 1. The van der Waals surface area contributed by atoms with E-state index >= 15 is 0 Å². The van der Waals surface area contributed by atoms with Gasteiger partial charge in [0.05, 0.1) is 45.9 Å². The maximum atomic E-state index is 13.2. The molecule has 1 aromatic heterocycles. The molecule has 2 atom stereocenters. The van der Waals surface area contributed by atoms with Crippen LogP contribution in [0.25, 0.3) is 10.2 Å². The molecule has 2 aliphatic heterocycles. The van der Waals surface area contributed by atoms with Crippen molar-refractivity contribution in [3.05, 3.63) is 47.5 Å². The van der Waals surface area contributed by atoms with Gasteiger partial charge in [0.25, 0.3) is 0 Å². The predicted octanol–water partition coefficient (Wildman–Crippen LogP) is 2.83. The van der Waals surface area contributed by atoms with E-state index in [1.165, 1.54) is 18.2 Å². The van der Waals surface area contributed by atoms with E-state index < -0.39 is 35.4 Å². The molecule has 10 nitrogen and oxygen atoms in total. The summed E-state index contributed by atoms with van der Waals surface area (Å²) in [5.74, 6) is -3.23. The van der Waals surface area contributed by atoms with Crippen LogP contribution in [0.2, 0.25) is 0 Å². The number of aromatic carboxylic acids is 1. The number of nitrogens with zero attached hydrogens (tertiary/aromatic N) is 3. The summed E-state index contributed by atoms with van der Waals surface area (Å²) in [4.78, 5) is 32.6. The molecule has 0 radical (unpaired) electrons. The fraction of sp³-hybridized carbons (Fsp3) is 0.348. The second-order valence-corrected chi connectivity index (χ2v) is 9.80. The van der Waals surface area contributed by atoms with Gasteiger partial charge in [-0.25, -0.2) is 9.78 Å². The number of anilines is 3. The third-order valence-electron chi connectivity index (χ3n) is 6.55. The van der Waals surface area contributed by atoms with Gasteiger partial charge in [-0.2, -0.15) is 13.2 Å². The van der Waals surface area contributed by atoms with Crippen molar-refractivity contribution in [3.8, 4) is 0 Å². The van der Waals surface area contributed by atoms with Crippen molar-refractivity contribution >= 4 is 49.9 Å². The van der Waals surface area contributed by atoms with Gasteiger partial charge in [-0.1, -0.05) is 11.3 Å². The average molecular weight is 537 g/mol. The van der Waals surface area contributed by atoms with Crippen LogP contribution in [0.4, 0.5) is 29.7 Å². The van der Waals surface area contributed by atoms with Gasteiger partial charge in [-0.3, -0.25) is 9.69 Å².